The molecule has 0 amide bonds. The highest BCUT2D eigenvalue weighted by molar-refractivity contribution is 6.14. The van der Waals surface area contributed by atoms with Crippen molar-refractivity contribution in [1.29, 1.82) is 21.0 Å². The van der Waals surface area contributed by atoms with Gasteiger partial charge in [-0.15, -0.1) is 0 Å². The van der Waals surface area contributed by atoms with Gasteiger partial charge < -0.3 is 0 Å². The summed E-state index contributed by atoms with van der Waals surface area (Å²) < 4.78 is 0. The van der Waals surface area contributed by atoms with Crippen molar-refractivity contribution in [1.82, 2.24) is 0 Å². The van der Waals surface area contributed by atoms with Gasteiger partial charge in [-0.25, -0.2) is 0 Å². The number of rotatable bonds is 9. The van der Waals surface area contributed by atoms with E-state index < -0.39 is 0 Å². The van der Waals surface area contributed by atoms with Gasteiger partial charge >= 0.3 is 0 Å². The van der Waals surface area contributed by atoms with Crippen LogP contribution in [0.4, 0.5) is 0 Å². The molecule has 0 heterocycles. The van der Waals surface area contributed by atoms with E-state index in [-0.39, 0.29) is 11.1 Å². The first-order valence-electron chi connectivity index (χ1n) is 23.4. The number of fused-ring (bicyclic) bond motifs is 5. The number of nitriles is 4. The third-order valence-electron chi connectivity index (χ3n) is 13.3. The zero-order valence-corrected chi connectivity index (χ0v) is 38.8. The van der Waals surface area contributed by atoms with Crippen LogP contribution in [0, 0.1) is 52.2 Å². The van der Waals surface area contributed by atoms with E-state index in [1.807, 2.05) is 67.6 Å². The first-order valence-corrected chi connectivity index (χ1v) is 23.4. The van der Waals surface area contributed by atoms with Gasteiger partial charge in [0.25, 0.3) is 0 Å². The summed E-state index contributed by atoms with van der Waals surface area (Å²) in [5.41, 5.74) is 18.2. The molecule has 1 aliphatic carbocycles. The predicted octanol–water partition coefficient (Wildman–Crippen LogP) is 14.7. The third-order valence-corrected chi connectivity index (χ3v) is 13.3. The average Bonchev–Trinajstić information content (AvgIpc) is 3.71. The zero-order chi connectivity index (χ0) is 48.1. The van der Waals surface area contributed by atoms with Gasteiger partial charge in [-0.2, -0.15) is 21.0 Å². The summed E-state index contributed by atoms with van der Waals surface area (Å²) in [7, 11) is 0. The monoisotopic (exact) mass is 892 g/mol. The van der Waals surface area contributed by atoms with Crippen molar-refractivity contribution in [3.05, 3.63) is 249 Å². The molecular weight excluding hydrogens is 849 g/mol. The number of aryl methyl sites for hydroxylation is 2. The van der Waals surface area contributed by atoms with Crippen molar-refractivity contribution in [3.8, 4) is 57.7 Å². The number of allylic oxidation sites excluding steroid dienone is 2. The fourth-order valence-corrected chi connectivity index (χ4v) is 9.97. The Morgan fingerprint density at radius 1 is 0.443 bits per heavy atom. The highest BCUT2D eigenvalue weighted by atomic mass is 14.3. The normalized spacial score (nSPS) is 11.5. The van der Waals surface area contributed by atoms with Gasteiger partial charge in [0.15, 0.2) is 0 Å². The summed E-state index contributed by atoms with van der Waals surface area (Å²) in [5.74, 6) is 0. The molecule has 0 radical (unpaired) electrons. The van der Waals surface area contributed by atoms with Gasteiger partial charge in [0.1, 0.15) is 35.4 Å². The molecule has 0 spiro atoms. The van der Waals surface area contributed by atoms with E-state index in [0.717, 1.165) is 46.2 Å². The fraction of sp³-hybridized carbons (Fsp3) is 0.0606. The minimum absolute atomic E-state index is 0.0377. The molecule has 0 aromatic heterocycles. The third kappa shape index (κ3) is 8.29. The highest BCUT2D eigenvalue weighted by Gasteiger charge is 2.28. The van der Waals surface area contributed by atoms with Crippen molar-refractivity contribution in [2.45, 2.75) is 26.7 Å². The van der Waals surface area contributed by atoms with Crippen LogP contribution < -0.4 is 10.4 Å². The molecule has 70 heavy (non-hydrogen) atoms. The molecule has 1 aliphatic rings. The second-order valence-electron chi connectivity index (χ2n) is 17.6. The first kappa shape index (κ1) is 44.3. The largest absolute Gasteiger partial charge is 0.192 e. The Morgan fingerprint density at radius 2 is 0.929 bits per heavy atom. The van der Waals surface area contributed by atoms with Gasteiger partial charge in [-0.1, -0.05) is 194 Å². The van der Waals surface area contributed by atoms with Crippen LogP contribution in [0.5, 0.6) is 0 Å². The van der Waals surface area contributed by atoms with Crippen LogP contribution in [0.25, 0.3) is 89.4 Å². The smallest absolute Gasteiger partial charge is 0.138 e. The van der Waals surface area contributed by atoms with Crippen molar-refractivity contribution in [2.24, 2.45) is 0 Å². The van der Waals surface area contributed by atoms with Crippen LogP contribution in [0.3, 0.4) is 0 Å². The Hall–Kier alpha value is -9.58. The standard InChI is InChI=1S/C66H44N4/c1-3-12-45-23-31-55-56-32-24-46(36-60(56)66(59(55)35-45)63(49-15-6-4-7-16-49)50-17-8-5-9-18-50)14-11-10-13-44-21-27-48(28-22-44)52-30-34-58-62(38-52)65(54(41-69)42-70)57-33-29-51(47-25-19-43(2)20-26-47)37-61(57)64(58)53(39-67)40-68/h3-10,12-13,15-38H,11,14H2,1-2H3/b12-3+,13-10+. The van der Waals surface area contributed by atoms with Crippen molar-refractivity contribution >= 4 is 56.0 Å². The summed E-state index contributed by atoms with van der Waals surface area (Å²) >= 11 is 0. The molecule has 4 heteroatoms. The predicted molar refractivity (Wildman–Crippen MR) is 287 cm³/mol. The molecule has 9 aromatic rings. The van der Waals surface area contributed by atoms with Gasteiger partial charge in [-0.3, -0.25) is 0 Å². The van der Waals surface area contributed by atoms with Crippen LogP contribution >= 0.6 is 0 Å². The minimum Gasteiger partial charge on any atom is -0.192 e. The second-order valence-corrected chi connectivity index (χ2v) is 17.6. The van der Waals surface area contributed by atoms with Crippen molar-refractivity contribution in [3.63, 3.8) is 0 Å². The van der Waals surface area contributed by atoms with Gasteiger partial charge in [-0.05, 0) is 150 Å². The van der Waals surface area contributed by atoms with Crippen LogP contribution in [0.15, 0.2) is 194 Å². The van der Waals surface area contributed by atoms with Gasteiger partial charge in [0, 0.05) is 10.4 Å². The number of nitrogens with zero attached hydrogens (tertiary/aromatic N) is 4. The summed E-state index contributed by atoms with van der Waals surface area (Å²) in [6.45, 7) is 4.09. The van der Waals surface area contributed by atoms with Crippen LogP contribution in [-0.2, 0) is 6.42 Å². The molecule has 9 aromatic carbocycles. The van der Waals surface area contributed by atoms with E-state index in [0.29, 0.717) is 32.0 Å². The van der Waals surface area contributed by atoms with Gasteiger partial charge in [0.05, 0.1) is 0 Å². The molecule has 0 saturated carbocycles. The van der Waals surface area contributed by atoms with E-state index in [9.17, 15) is 21.0 Å². The molecule has 4 nitrogen and oxygen atoms in total. The molecule has 0 unspecified atom stereocenters. The van der Waals surface area contributed by atoms with E-state index in [4.69, 9.17) is 0 Å². The second kappa shape index (κ2) is 19.3. The maximum Gasteiger partial charge on any atom is 0.138 e. The van der Waals surface area contributed by atoms with Crippen molar-refractivity contribution < 1.29 is 0 Å². The quantitative estimate of drug-likeness (QED) is 0.135. The molecule has 0 atom stereocenters. The minimum atomic E-state index is -0.0394. The molecule has 10 rings (SSSR count). The Morgan fingerprint density at radius 3 is 1.46 bits per heavy atom. The van der Waals surface area contributed by atoms with Crippen LogP contribution in [-0.4, -0.2) is 0 Å². The van der Waals surface area contributed by atoms with Crippen molar-refractivity contribution in [2.75, 3.05) is 0 Å². The molecule has 0 aliphatic heterocycles. The lowest BCUT2D eigenvalue weighted by atomic mass is 9.87. The van der Waals surface area contributed by atoms with E-state index >= 15 is 0 Å². The number of benzene rings is 9. The van der Waals surface area contributed by atoms with Gasteiger partial charge in [0.2, 0.25) is 0 Å². The molecule has 0 N–H and O–H groups in total. The topological polar surface area (TPSA) is 95.2 Å². The van der Waals surface area contributed by atoms with Crippen LogP contribution in [0.1, 0.15) is 57.9 Å². The maximum atomic E-state index is 10.3. The number of hydrogen-bond acceptors (Lipinski definition) is 4. The zero-order valence-electron chi connectivity index (χ0n) is 38.8. The Balaban J connectivity index is 0.967. The molecule has 0 bridgehead atoms. The van der Waals surface area contributed by atoms with E-state index in [1.165, 1.54) is 55.7 Å². The summed E-state index contributed by atoms with van der Waals surface area (Å²) in [5, 5.41) is 44.5. The lowest BCUT2D eigenvalue weighted by molar-refractivity contribution is 1.01. The Labute approximate surface area is 408 Å². The number of hydrogen-bond donors (Lipinski definition) is 0. The molecule has 0 saturated heterocycles. The molecular formula is C66H44N4. The highest BCUT2D eigenvalue weighted by Crippen LogP contribution is 2.50. The molecule has 328 valence electrons. The average molecular weight is 893 g/mol. The van der Waals surface area contributed by atoms with E-state index in [1.54, 1.807) is 0 Å². The Bertz CT molecular complexity index is 3880. The van der Waals surface area contributed by atoms with E-state index in [2.05, 4.69) is 177 Å². The first-order chi connectivity index (χ1) is 34.4. The summed E-state index contributed by atoms with van der Waals surface area (Å²) in [4.78, 5) is 0. The summed E-state index contributed by atoms with van der Waals surface area (Å²) in [6, 6.07) is 71.9. The summed E-state index contributed by atoms with van der Waals surface area (Å²) in [6.07, 6.45) is 10.4. The SMILES string of the molecule is C/C=C/c1ccc2c(c1)C(=C(c1ccccc1)c1ccccc1)c1cc(CC/C=C/c3ccc(-c4ccc5c(=C(C#N)C#N)c6cc(-c7ccc(C)cc7)ccc6c(=C(C#N)C#N)c5c4)cc3)ccc1-2. The Kier molecular flexibility index (Phi) is 12.2. The molecule has 0 fully saturated rings. The lowest BCUT2D eigenvalue weighted by Crippen LogP contribution is -2.18. The fourth-order valence-electron chi connectivity index (χ4n) is 9.97. The van der Waals surface area contributed by atoms with Crippen LogP contribution in [0.2, 0.25) is 0 Å². The lowest BCUT2D eigenvalue weighted by Gasteiger charge is -2.16. The maximum absolute atomic E-state index is 10.3.